The van der Waals surface area contributed by atoms with Crippen molar-refractivity contribution in [1.82, 2.24) is 14.5 Å². The summed E-state index contributed by atoms with van der Waals surface area (Å²) in [6.07, 6.45) is 0.353. The molecule has 2 aromatic carbocycles. The Kier molecular flexibility index (Phi) is 10.6. The minimum Gasteiger partial charge on any atom is -0.354 e. The highest BCUT2D eigenvalue weighted by Gasteiger charge is 2.32. The maximum Gasteiger partial charge on any atom is 0.243 e. The zero-order valence-corrected chi connectivity index (χ0v) is 23.0. The van der Waals surface area contributed by atoms with E-state index in [0.717, 1.165) is 9.87 Å². The maximum atomic E-state index is 13.5. The number of hydrogen-bond donors (Lipinski definition) is 1. The van der Waals surface area contributed by atoms with Crippen LogP contribution in [0.5, 0.6) is 0 Å². The third-order valence-electron chi connectivity index (χ3n) is 5.49. The average Bonchev–Trinajstić information content (AvgIpc) is 2.79. The molecule has 0 aliphatic heterocycles. The van der Waals surface area contributed by atoms with Crippen LogP contribution in [-0.2, 0) is 26.2 Å². The van der Waals surface area contributed by atoms with E-state index in [9.17, 15) is 18.0 Å². The monoisotopic (exact) mass is 541 g/mol. The second kappa shape index (κ2) is 12.7. The van der Waals surface area contributed by atoms with E-state index in [1.165, 1.54) is 24.1 Å². The summed E-state index contributed by atoms with van der Waals surface area (Å²) in [5, 5.41) is 3.58. The Bertz CT molecular complexity index is 1140. The first kappa shape index (κ1) is 29.1. The number of rotatable bonds is 11. The number of amides is 2. The Morgan fingerprint density at radius 3 is 2.20 bits per heavy atom. The summed E-state index contributed by atoms with van der Waals surface area (Å²) in [4.78, 5) is 27.9. The smallest absolute Gasteiger partial charge is 0.243 e. The van der Waals surface area contributed by atoms with Crippen LogP contribution in [0, 0.1) is 12.8 Å². The number of carbonyl (C=O) groups excluding carboxylic acids is 2. The van der Waals surface area contributed by atoms with Gasteiger partial charge in [-0.25, -0.2) is 8.42 Å². The molecule has 0 aliphatic rings. The molecule has 0 fully saturated rings. The molecule has 192 valence electrons. The molecule has 2 rings (SSSR count). The van der Waals surface area contributed by atoms with Gasteiger partial charge in [0.25, 0.3) is 0 Å². The van der Waals surface area contributed by atoms with Gasteiger partial charge in [-0.3, -0.25) is 9.59 Å². The SMILES string of the molecule is CC[C@@H](C(=O)NCC(C)C)N(Cc1ccc(Cl)c(Cl)c1)C(=O)CN(C)S(=O)(=O)c1ccc(C)cc1. The molecule has 0 unspecified atom stereocenters. The predicted octanol–water partition coefficient (Wildman–Crippen LogP) is 4.50. The molecule has 1 N–H and O–H groups in total. The summed E-state index contributed by atoms with van der Waals surface area (Å²) in [6.45, 7) is 7.73. The molecule has 2 aromatic rings. The summed E-state index contributed by atoms with van der Waals surface area (Å²) in [6, 6.07) is 10.6. The first-order chi connectivity index (χ1) is 16.4. The van der Waals surface area contributed by atoms with Gasteiger partial charge in [0.05, 0.1) is 21.5 Å². The molecule has 0 radical (unpaired) electrons. The van der Waals surface area contributed by atoms with Crippen molar-refractivity contribution in [3.63, 3.8) is 0 Å². The van der Waals surface area contributed by atoms with Crippen molar-refractivity contribution in [1.29, 1.82) is 0 Å². The van der Waals surface area contributed by atoms with Gasteiger partial charge in [0.1, 0.15) is 6.04 Å². The van der Waals surface area contributed by atoms with Crippen LogP contribution >= 0.6 is 23.2 Å². The fourth-order valence-corrected chi connectivity index (χ4v) is 4.87. The lowest BCUT2D eigenvalue weighted by atomic mass is 10.1. The number of hydrogen-bond acceptors (Lipinski definition) is 4. The van der Waals surface area contributed by atoms with Gasteiger partial charge in [-0.15, -0.1) is 0 Å². The number of benzene rings is 2. The van der Waals surface area contributed by atoms with E-state index in [2.05, 4.69) is 5.32 Å². The highest BCUT2D eigenvalue weighted by atomic mass is 35.5. The lowest BCUT2D eigenvalue weighted by molar-refractivity contribution is -0.141. The van der Waals surface area contributed by atoms with E-state index in [1.807, 2.05) is 27.7 Å². The molecule has 7 nitrogen and oxygen atoms in total. The minimum atomic E-state index is -3.90. The quantitative estimate of drug-likeness (QED) is 0.453. The molecule has 0 saturated heterocycles. The zero-order chi connectivity index (χ0) is 26.3. The lowest BCUT2D eigenvalue weighted by Crippen LogP contribution is -2.52. The molecule has 2 amide bonds. The van der Waals surface area contributed by atoms with Crippen LogP contribution < -0.4 is 5.32 Å². The van der Waals surface area contributed by atoms with Gasteiger partial charge < -0.3 is 10.2 Å². The predicted molar refractivity (Wildman–Crippen MR) is 140 cm³/mol. The summed E-state index contributed by atoms with van der Waals surface area (Å²) in [5.41, 5.74) is 1.60. The molecule has 10 heteroatoms. The van der Waals surface area contributed by atoms with Crippen molar-refractivity contribution in [3.05, 3.63) is 63.6 Å². The molecular weight excluding hydrogens is 509 g/mol. The van der Waals surface area contributed by atoms with E-state index >= 15 is 0 Å². The molecule has 0 heterocycles. The Morgan fingerprint density at radius 2 is 1.66 bits per heavy atom. The Hall–Kier alpha value is -2.13. The van der Waals surface area contributed by atoms with Crippen LogP contribution in [0.25, 0.3) is 0 Å². The number of carbonyl (C=O) groups is 2. The second-order valence-corrected chi connectivity index (χ2v) is 11.8. The molecule has 0 aliphatic carbocycles. The van der Waals surface area contributed by atoms with E-state index in [4.69, 9.17) is 23.2 Å². The Labute approximate surface area is 218 Å². The van der Waals surface area contributed by atoms with Crippen molar-refractivity contribution in [2.45, 2.75) is 51.6 Å². The van der Waals surface area contributed by atoms with Crippen molar-refractivity contribution >= 4 is 45.0 Å². The Morgan fingerprint density at radius 1 is 1.03 bits per heavy atom. The fraction of sp³-hybridized carbons (Fsp3) is 0.440. The van der Waals surface area contributed by atoms with E-state index in [1.54, 1.807) is 30.3 Å². The number of nitrogens with zero attached hydrogens (tertiary/aromatic N) is 2. The first-order valence-electron chi connectivity index (χ1n) is 11.4. The van der Waals surface area contributed by atoms with Crippen LogP contribution in [-0.4, -0.2) is 55.6 Å². The molecule has 0 saturated carbocycles. The summed E-state index contributed by atoms with van der Waals surface area (Å²) >= 11 is 12.2. The zero-order valence-electron chi connectivity index (χ0n) is 20.7. The van der Waals surface area contributed by atoms with Gasteiger partial charge in [0, 0.05) is 20.1 Å². The van der Waals surface area contributed by atoms with Gasteiger partial charge in [0.2, 0.25) is 21.8 Å². The normalized spacial score (nSPS) is 12.6. The van der Waals surface area contributed by atoms with Crippen LogP contribution in [0.1, 0.15) is 38.3 Å². The highest BCUT2D eigenvalue weighted by Crippen LogP contribution is 2.24. The average molecular weight is 543 g/mol. The third kappa shape index (κ3) is 7.93. The van der Waals surface area contributed by atoms with Gasteiger partial charge in [0.15, 0.2) is 0 Å². The van der Waals surface area contributed by atoms with Crippen molar-refractivity contribution in [2.75, 3.05) is 20.1 Å². The first-order valence-corrected chi connectivity index (χ1v) is 13.6. The van der Waals surface area contributed by atoms with Gasteiger partial charge >= 0.3 is 0 Å². The van der Waals surface area contributed by atoms with E-state index in [0.29, 0.717) is 28.6 Å². The Balaban J connectivity index is 2.34. The van der Waals surface area contributed by atoms with Crippen LogP contribution in [0.3, 0.4) is 0 Å². The second-order valence-electron chi connectivity index (χ2n) is 8.91. The van der Waals surface area contributed by atoms with Crippen molar-refractivity contribution in [3.8, 4) is 0 Å². The molecule has 1 atom stereocenters. The van der Waals surface area contributed by atoms with Crippen LogP contribution in [0.15, 0.2) is 47.4 Å². The van der Waals surface area contributed by atoms with E-state index in [-0.39, 0.29) is 23.3 Å². The summed E-state index contributed by atoms with van der Waals surface area (Å²) < 4.78 is 27.1. The number of nitrogens with one attached hydrogen (secondary N) is 1. The number of sulfonamides is 1. The van der Waals surface area contributed by atoms with Gasteiger partial charge in [-0.2, -0.15) is 4.31 Å². The van der Waals surface area contributed by atoms with Crippen molar-refractivity contribution in [2.24, 2.45) is 5.92 Å². The largest absolute Gasteiger partial charge is 0.354 e. The van der Waals surface area contributed by atoms with Gasteiger partial charge in [-0.05, 0) is 49.1 Å². The van der Waals surface area contributed by atoms with Crippen LogP contribution in [0.4, 0.5) is 0 Å². The van der Waals surface area contributed by atoms with Gasteiger partial charge in [-0.1, -0.05) is 67.7 Å². The molecule has 0 spiro atoms. The topological polar surface area (TPSA) is 86.8 Å². The van der Waals surface area contributed by atoms with Crippen LogP contribution in [0.2, 0.25) is 10.0 Å². The molecule has 35 heavy (non-hydrogen) atoms. The molecule has 0 bridgehead atoms. The summed E-state index contributed by atoms with van der Waals surface area (Å²) in [7, 11) is -2.55. The summed E-state index contributed by atoms with van der Waals surface area (Å²) in [5.74, 6) is -0.555. The molecular formula is C25H33Cl2N3O4S. The lowest BCUT2D eigenvalue weighted by Gasteiger charge is -2.32. The number of aryl methyl sites for hydroxylation is 1. The highest BCUT2D eigenvalue weighted by molar-refractivity contribution is 7.89. The maximum absolute atomic E-state index is 13.5. The van der Waals surface area contributed by atoms with Crippen molar-refractivity contribution < 1.29 is 18.0 Å². The number of halogens is 2. The number of likely N-dealkylation sites (N-methyl/N-ethyl adjacent to an activating group) is 1. The fourth-order valence-electron chi connectivity index (χ4n) is 3.43. The minimum absolute atomic E-state index is 0.0712. The standard InChI is InChI=1S/C25H33Cl2N3O4S/c1-6-23(25(32)28-14-17(2)3)30(15-19-9-12-21(26)22(27)13-19)24(31)16-29(5)35(33,34)20-10-7-18(4)8-11-20/h7-13,17,23H,6,14-16H2,1-5H3,(H,28,32)/t23-/m0/s1. The van der Waals surface area contributed by atoms with E-state index < -0.39 is 28.5 Å². The molecule has 0 aromatic heterocycles. The third-order valence-corrected chi connectivity index (χ3v) is 8.05.